The van der Waals surface area contributed by atoms with Gasteiger partial charge in [0.2, 0.25) is 5.88 Å². The number of amides is 1. The van der Waals surface area contributed by atoms with Gasteiger partial charge in [0.1, 0.15) is 12.4 Å². The SMILES string of the molecule is COc1c(Nc2cc(OC3CCOC3)nc3c2C(=O)NC3)cccc1-c1ncn(C)n1. The highest BCUT2D eigenvalue weighted by Crippen LogP contribution is 2.38. The molecule has 1 amide bonds. The van der Waals surface area contributed by atoms with Gasteiger partial charge in [0.25, 0.3) is 5.91 Å². The molecule has 1 saturated heterocycles. The van der Waals surface area contributed by atoms with Crippen molar-refractivity contribution in [1.29, 1.82) is 0 Å². The van der Waals surface area contributed by atoms with E-state index in [-0.39, 0.29) is 12.0 Å². The first-order valence-corrected chi connectivity index (χ1v) is 9.99. The van der Waals surface area contributed by atoms with Crippen LogP contribution in [0.4, 0.5) is 11.4 Å². The van der Waals surface area contributed by atoms with E-state index in [0.717, 1.165) is 12.0 Å². The number of carbonyl (C=O) groups is 1. The second-order valence-electron chi connectivity index (χ2n) is 7.37. The van der Waals surface area contributed by atoms with Gasteiger partial charge in [-0.2, -0.15) is 5.10 Å². The summed E-state index contributed by atoms with van der Waals surface area (Å²) in [5.74, 6) is 1.40. The van der Waals surface area contributed by atoms with E-state index in [1.54, 1.807) is 31.2 Å². The fraction of sp³-hybridized carbons (Fsp3) is 0.333. The zero-order valence-electron chi connectivity index (χ0n) is 17.2. The van der Waals surface area contributed by atoms with E-state index in [9.17, 15) is 4.79 Å². The van der Waals surface area contributed by atoms with Crippen LogP contribution in [0.5, 0.6) is 11.6 Å². The lowest BCUT2D eigenvalue weighted by atomic mass is 10.1. The Balaban J connectivity index is 1.53. The topological polar surface area (TPSA) is 112 Å². The largest absolute Gasteiger partial charge is 0.494 e. The monoisotopic (exact) mass is 422 g/mol. The van der Waals surface area contributed by atoms with Crippen LogP contribution >= 0.6 is 0 Å². The van der Waals surface area contributed by atoms with Crippen LogP contribution in [0.1, 0.15) is 22.5 Å². The molecule has 10 nitrogen and oxygen atoms in total. The molecule has 1 aromatic carbocycles. The predicted molar refractivity (Wildman–Crippen MR) is 112 cm³/mol. The molecule has 4 heterocycles. The lowest BCUT2D eigenvalue weighted by Crippen LogP contribution is -2.17. The summed E-state index contributed by atoms with van der Waals surface area (Å²) in [4.78, 5) is 21.3. The van der Waals surface area contributed by atoms with Crippen molar-refractivity contribution in [3.05, 3.63) is 41.9 Å². The average molecular weight is 422 g/mol. The average Bonchev–Trinajstić information content (AvgIpc) is 3.50. The van der Waals surface area contributed by atoms with Crippen LogP contribution < -0.4 is 20.1 Å². The van der Waals surface area contributed by atoms with Crippen molar-refractivity contribution in [3.63, 3.8) is 0 Å². The van der Waals surface area contributed by atoms with Crippen molar-refractivity contribution in [3.8, 4) is 23.0 Å². The number of anilines is 2. The minimum atomic E-state index is -0.178. The highest BCUT2D eigenvalue weighted by atomic mass is 16.5. The molecular weight excluding hydrogens is 400 g/mol. The molecule has 10 heteroatoms. The normalized spacial score (nSPS) is 17.4. The maximum atomic E-state index is 12.5. The third-order valence-corrected chi connectivity index (χ3v) is 5.22. The summed E-state index contributed by atoms with van der Waals surface area (Å²) in [6.45, 7) is 1.56. The zero-order chi connectivity index (χ0) is 21.4. The minimum absolute atomic E-state index is 0.0449. The van der Waals surface area contributed by atoms with E-state index in [2.05, 4.69) is 25.7 Å². The van der Waals surface area contributed by atoms with Gasteiger partial charge in [-0.25, -0.2) is 9.97 Å². The molecule has 0 spiro atoms. The number of pyridine rings is 1. The summed E-state index contributed by atoms with van der Waals surface area (Å²) in [5, 5.41) is 10.5. The van der Waals surface area contributed by atoms with E-state index < -0.39 is 0 Å². The number of ether oxygens (including phenoxy) is 3. The molecule has 0 saturated carbocycles. The number of hydrogen-bond acceptors (Lipinski definition) is 8. The van der Waals surface area contributed by atoms with Crippen LogP contribution in [0.2, 0.25) is 0 Å². The van der Waals surface area contributed by atoms with Gasteiger partial charge in [0.05, 0.1) is 55.1 Å². The Morgan fingerprint density at radius 2 is 2.23 bits per heavy atom. The quantitative estimate of drug-likeness (QED) is 0.621. The number of nitrogens with one attached hydrogen (secondary N) is 2. The van der Waals surface area contributed by atoms with Crippen molar-refractivity contribution in [2.24, 2.45) is 7.05 Å². The highest BCUT2D eigenvalue weighted by molar-refractivity contribution is 6.04. The first-order valence-electron chi connectivity index (χ1n) is 9.99. The van der Waals surface area contributed by atoms with Crippen LogP contribution in [0.25, 0.3) is 11.4 Å². The number of aryl methyl sites for hydroxylation is 1. The number of hydrogen-bond donors (Lipinski definition) is 2. The van der Waals surface area contributed by atoms with Crippen molar-refractivity contribution in [2.45, 2.75) is 19.1 Å². The number of nitrogens with zero attached hydrogens (tertiary/aromatic N) is 4. The summed E-state index contributed by atoms with van der Waals surface area (Å²) in [7, 11) is 3.39. The first kappa shape index (κ1) is 19.3. The summed E-state index contributed by atoms with van der Waals surface area (Å²) < 4.78 is 18.7. The minimum Gasteiger partial charge on any atom is -0.494 e. The van der Waals surface area contributed by atoms with Gasteiger partial charge in [-0.1, -0.05) is 6.07 Å². The first-order chi connectivity index (χ1) is 15.1. The lowest BCUT2D eigenvalue weighted by Gasteiger charge is -2.17. The summed E-state index contributed by atoms with van der Waals surface area (Å²) in [6, 6.07) is 7.38. The van der Waals surface area contributed by atoms with Gasteiger partial charge < -0.3 is 24.8 Å². The Morgan fingerprint density at radius 3 is 2.97 bits per heavy atom. The fourth-order valence-electron chi connectivity index (χ4n) is 3.78. The Labute approximate surface area is 178 Å². The van der Waals surface area contributed by atoms with E-state index in [0.29, 0.717) is 59.8 Å². The van der Waals surface area contributed by atoms with Gasteiger partial charge in [-0.3, -0.25) is 9.48 Å². The van der Waals surface area contributed by atoms with Crippen LogP contribution in [0.3, 0.4) is 0 Å². The Kier molecular flexibility index (Phi) is 4.91. The predicted octanol–water partition coefficient (Wildman–Crippen LogP) is 2.04. The van der Waals surface area contributed by atoms with Crippen molar-refractivity contribution in [2.75, 3.05) is 25.6 Å². The number of fused-ring (bicyclic) bond motifs is 1. The van der Waals surface area contributed by atoms with Crippen molar-refractivity contribution in [1.82, 2.24) is 25.1 Å². The molecule has 2 aliphatic rings. The molecule has 2 N–H and O–H groups in total. The standard InChI is InChI=1S/C21H22N6O4/c1-27-11-23-20(26-27)13-4-3-5-14(19(13)29-2)24-15-8-17(31-12-6-7-30-10-12)25-16-9-22-21(28)18(15)16/h3-5,8,11-12H,6-7,9-10H2,1-2H3,(H,22,28)(H,24,25). The molecule has 1 unspecified atom stereocenters. The summed E-state index contributed by atoms with van der Waals surface area (Å²) in [5.41, 5.74) is 3.15. The van der Waals surface area contributed by atoms with Gasteiger partial charge >= 0.3 is 0 Å². The van der Waals surface area contributed by atoms with Crippen LogP contribution in [0, 0.1) is 0 Å². The molecule has 2 aromatic heterocycles. The third-order valence-electron chi connectivity index (χ3n) is 5.22. The Hall–Kier alpha value is -3.66. The lowest BCUT2D eigenvalue weighted by molar-refractivity contribution is 0.0966. The van der Waals surface area contributed by atoms with Crippen molar-refractivity contribution < 1.29 is 19.0 Å². The number of methoxy groups -OCH3 is 1. The highest BCUT2D eigenvalue weighted by Gasteiger charge is 2.28. The number of carbonyl (C=O) groups excluding carboxylic acids is 1. The molecule has 0 radical (unpaired) electrons. The maximum Gasteiger partial charge on any atom is 0.255 e. The fourth-order valence-corrected chi connectivity index (χ4v) is 3.78. The van der Waals surface area contributed by atoms with E-state index in [1.165, 1.54) is 0 Å². The van der Waals surface area contributed by atoms with E-state index in [1.807, 2.05) is 18.2 Å². The number of para-hydroxylation sites is 1. The number of aromatic nitrogens is 4. The summed E-state index contributed by atoms with van der Waals surface area (Å²) in [6.07, 6.45) is 2.40. The number of benzene rings is 1. The van der Waals surface area contributed by atoms with Crippen LogP contribution in [-0.2, 0) is 18.3 Å². The molecular formula is C21H22N6O4. The number of rotatable bonds is 6. The Morgan fingerprint density at radius 1 is 1.32 bits per heavy atom. The third kappa shape index (κ3) is 3.66. The molecule has 3 aromatic rings. The Bertz CT molecular complexity index is 1140. The molecule has 1 atom stereocenters. The molecule has 2 aliphatic heterocycles. The maximum absolute atomic E-state index is 12.5. The molecule has 31 heavy (non-hydrogen) atoms. The molecule has 160 valence electrons. The van der Waals surface area contributed by atoms with Gasteiger partial charge in [-0.15, -0.1) is 0 Å². The van der Waals surface area contributed by atoms with Crippen molar-refractivity contribution >= 4 is 17.3 Å². The zero-order valence-corrected chi connectivity index (χ0v) is 17.2. The van der Waals surface area contributed by atoms with Crippen LogP contribution in [-0.4, -0.2) is 52.1 Å². The molecule has 0 aliphatic carbocycles. The van der Waals surface area contributed by atoms with Gasteiger partial charge in [0, 0.05) is 19.5 Å². The van der Waals surface area contributed by atoms with Gasteiger partial charge in [-0.05, 0) is 12.1 Å². The van der Waals surface area contributed by atoms with Gasteiger partial charge in [0.15, 0.2) is 11.6 Å². The second-order valence-corrected chi connectivity index (χ2v) is 7.37. The molecule has 5 rings (SSSR count). The molecule has 0 bridgehead atoms. The van der Waals surface area contributed by atoms with E-state index in [4.69, 9.17) is 14.2 Å². The van der Waals surface area contributed by atoms with Crippen LogP contribution in [0.15, 0.2) is 30.6 Å². The second kappa shape index (κ2) is 7.88. The summed E-state index contributed by atoms with van der Waals surface area (Å²) >= 11 is 0. The molecule has 1 fully saturated rings. The van der Waals surface area contributed by atoms with E-state index >= 15 is 0 Å². The smallest absolute Gasteiger partial charge is 0.255 e.